The molecule has 0 radical (unpaired) electrons. The van der Waals surface area contributed by atoms with Crippen LogP contribution in [0.1, 0.15) is 17.3 Å². The van der Waals surface area contributed by atoms with Crippen molar-refractivity contribution < 1.29 is 14.6 Å². The fourth-order valence-electron chi connectivity index (χ4n) is 1.26. The summed E-state index contributed by atoms with van der Waals surface area (Å²) in [5, 5.41) is 12.4. The van der Waals surface area contributed by atoms with Crippen molar-refractivity contribution in [3.8, 4) is 0 Å². The molecule has 0 aliphatic heterocycles. The van der Waals surface area contributed by atoms with Gasteiger partial charge in [0.15, 0.2) is 0 Å². The molecule has 0 bridgehead atoms. The molecule has 1 aromatic carbocycles. The SMILES string of the molecule is COC(=O)c1cc(Cl)c(Br)cc1NC(C)CO. The molecular weight excluding hydrogens is 309 g/mol. The topological polar surface area (TPSA) is 58.6 Å². The molecule has 0 saturated carbocycles. The molecule has 0 heterocycles. The van der Waals surface area contributed by atoms with Gasteiger partial charge in [-0.15, -0.1) is 0 Å². The van der Waals surface area contributed by atoms with Gasteiger partial charge in [0.2, 0.25) is 0 Å². The summed E-state index contributed by atoms with van der Waals surface area (Å²) in [6.07, 6.45) is 0. The van der Waals surface area contributed by atoms with E-state index in [-0.39, 0.29) is 12.6 Å². The van der Waals surface area contributed by atoms with Gasteiger partial charge in [0.05, 0.1) is 30.0 Å². The first-order chi connectivity index (χ1) is 7.99. The average Bonchev–Trinajstić information content (AvgIpc) is 2.32. The van der Waals surface area contributed by atoms with E-state index in [1.807, 2.05) is 0 Å². The van der Waals surface area contributed by atoms with Gasteiger partial charge in [-0.1, -0.05) is 11.6 Å². The molecule has 17 heavy (non-hydrogen) atoms. The number of nitrogens with one attached hydrogen (secondary N) is 1. The van der Waals surface area contributed by atoms with Crippen molar-refractivity contribution in [2.75, 3.05) is 19.0 Å². The molecule has 2 N–H and O–H groups in total. The minimum atomic E-state index is -0.480. The lowest BCUT2D eigenvalue weighted by atomic mass is 10.1. The van der Waals surface area contributed by atoms with E-state index in [2.05, 4.69) is 26.0 Å². The number of benzene rings is 1. The monoisotopic (exact) mass is 321 g/mol. The number of rotatable bonds is 4. The highest BCUT2D eigenvalue weighted by Gasteiger charge is 2.16. The Balaban J connectivity index is 3.16. The Morgan fingerprint density at radius 1 is 1.65 bits per heavy atom. The highest BCUT2D eigenvalue weighted by atomic mass is 79.9. The number of carbonyl (C=O) groups is 1. The summed E-state index contributed by atoms with van der Waals surface area (Å²) < 4.78 is 5.34. The Bertz CT molecular complexity index is 425. The molecule has 0 aliphatic rings. The van der Waals surface area contributed by atoms with E-state index < -0.39 is 5.97 Å². The van der Waals surface area contributed by atoms with Gasteiger partial charge in [0.25, 0.3) is 0 Å². The molecule has 0 aliphatic carbocycles. The fourth-order valence-corrected chi connectivity index (χ4v) is 1.76. The Morgan fingerprint density at radius 3 is 2.82 bits per heavy atom. The van der Waals surface area contributed by atoms with Gasteiger partial charge in [-0.25, -0.2) is 4.79 Å². The van der Waals surface area contributed by atoms with E-state index in [1.54, 1.807) is 13.0 Å². The van der Waals surface area contributed by atoms with Gasteiger partial charge >= 0.3 is 5.97 Å². The molecule has 0 amide bonds. The third-order valence-corrected chi connectivity index (χ3v) is 3.34. The molecule has 1 unspecified atom stereocenters. The first-order valence-corrected chi connectivity index (χ1v) is 6.11. The van der Waals surface area contributed by atoms with Gasteiger partial charge in [-0.05, 0) is 35.0 Å². The van der Waals surface area contributed by atoms with E-state index in [1.165, 1.54) is 13.2 Å². The number of methoxy groups -OCH3 is 1. The molecule has 1 atom stereocenters. The van der Waals surface area contributed by atoms with Crippen LogP contribution in [-0.4, -0.2) is 30.8 Å². The number of aliphatic hydroxyl groups excluding tert-OH is 1. The van der Waals surface area contributed by atoms with Crippen molar-refractivity contribution in [3.63, 3.8) is 0 Å². The Hall–Kier alpha value is -0.780. The summed E-state index contributed by atoms with van der Waals surface area (Å²) >= 11 is 9.20. The standard InChI is InChI=1S/C11H13BrClNO3/c1-6(5-15)14-10-4-8(12)9(13)3-7(10)11(16)17-2/h3-4,6,14-15H,5H2,1-2H3. The number of halogens is 2. The molecule has 4 nitrogen and oxygen atoms in total. The molecule has 6 heteroatoms. The van der Waals surface area contributed by atoms with Crippen LogP contribution in [0.25, 0.3) is 0 Å². The van der Waals surface area contributed by atoms with E-state index in [9.17, 15) is 4.79 Å². The lowest BCUT2D eigenvalue weighted by Gasteiger charge is -2.16. The summed E-state index contributed by atoms with van der Waals surface area (Å²) in [5.41, 5.74) is 0.899. The Kier molecular flexibility index (Phi) is 5.24. The largest absolute Gasteiger partial charge is 0.465 e. The van der Waals surface area contributed by atoms with Gasteiger partial charge in [0, 0.05) is 10.5 Å². The van der Waals surface area contributed by atoms with Crippen LogP contribution in [0.3, 0.4) is 0 Å². The Labute approximate surface area is 113 Å². The van der Waals surface area contributed by atoms with Gasteiger partial charge < -0.3 is 15.2 Å². The van der Waals surface area contributed by atoms with Crippen LogP contribution in [0.15, 0.2) is 16.6 Å². The molecular formula is C11H13BrClNO3. The zero-order valence-corrected chi connectivity index (χ0v) is 11.8. The number of carbonyl (C=O) groups excluding carboxylic acids is 1. The number of ether oxygens (including phenoxy) is 1. The van der Waals surface area contributed by atoms with Crippen molar-refractivity contribution in [1.82, 2.24) is 0 Å². The normalized spacial score (nSPS) is 12.1. The lowest BCUT2D eigenvalue weighted by Crippen LogP contribution is -2.21. The van der Waals surface area contributed by atoms with Crippen molar-refractivity contribution in [3.05, 3.63) is 27.2 Å². The van der Waals surface area contributed by atoms with Gasteiger partial charge in [0.1, 0.15) is 0 Å². The molecule has 1 rings (SSSR count). The quantitative estimate of drug-likeness (QED) is 0.837. The lowest BCUT2D eigenvalue weighted by molar-refractivity contribution is 0.0601. The maximum Gasteiger partial charge on any atom is 0.340 e. The number of esters is 1. The molecule has 94 valence electrons. The van der Waals surface area contributed by atoms with Crippen LogP contribution < -0.4 is 5.32 Å². The summed E-state index contributed by atoms with van der Waals surface area (Å²) in [7, 11) is 1.30. The van der Waals surface area contributed by atoms with Gasteiger partial charge in [-0.3, -0.25) is 0 Å². The van der Waals surface area contributed by atoms with E-state index in [0.717, 1.165) is 0 Å². The van der Waals surface area contributed by atoms with Crippen molar-refractivity contribution in [2.24, 2.45) is 0 Å². The number of aliphatic hydroxyl groups is 1. The summed E-state index contributed by atoms with van der Waals surface area (Å²) in [6.45, 7) is 1.75. The van der Waals surface area contributed by atoms with Crippen LogP contribution in [0.5, 0.6) is 0 Å². The smallest absolute Gasteiger partial charge is 0.340 e. The van der Waals surface area contributed by atoms with Crippen molar-refractivity contribution in [2.45, 2.75) is 13.0 Å². The second-order valence-corrected chi connectivity index (χ2v) is 4.79. The second-order valence-electron chi connectivity index (χ2n) is 3.53. The average molecular weight is 323 g/mol. The molecule has 1 aromatic rings. The minimum Gasteiger partial charge on any atom is -0.465 e. The third kappa shape index (κ3) is 3.59. The maximum atomic E-state index is 11.6. The zero-order valence-electron chi connectivity index (χ0n) is 9.46. The number of hydrogen-bond donors (Lipinski definition) is 2. The number of hydrogen-bond acceptors (Lipinski definition) is 4. The maximum absolute atomic E-state index is 11.6. The van der Waals surface area contributed by atoms with Crippen molar-refractivity contribution >= 4 is 39.2 Å². The fraction of sp³-hybridized carbons (Fsp3) is 0.364. The van der Waals surface area contributed by atoms with Crippen LogP contribution in [0, 0.1) is 0 Å². The van der Waals surface area contributed by atoms with Crippen LogP contribution >= 0.6 is 27.5 Å². The highest BCUT2D eigenvalue weighted by Crippen LogP contribution is 2.30. The third-order valence-electron chi connectivity index (χ3n) is 2.14. The summed E-state index contributed by atoms with van der Waals surface area (Å²) in [4.78, 5) is 11.6. The summed E-state index contributed by atoms with van der Waals surface area (Å²) in [6, 6.07) is 3.02. The first-order valence-electron chi connectivity index (χ1n) is 4.94. The van der Waals surface area contributed by atoms with Crippen LogP contribution in [-0.2, 0) is 4.74 Å². The first kappa shape index (κ1) is 14.3. The van der Waals surface area contributed by atoms with E-state index in [0.29, 0.717) is 20.7 Å². The predicted octanol–water partition coefficient (Wildman–Crippen LogP) is 2.68. The van der Waals surface area contributed by atoms with Crippen molar-refractivity contribution in [1.29, 1.82) is 0 Å². The Morgan fingerprint density at radius 2 is 2.29 bits per heavy atom. The number of anilines is 1. The van der Waals surface area contributed by atoms with Crippen LogP contribution in [0.2, 0.25) is 5.02 Å². The zero-order chi connectivity index (χ0) is 13.0. The second kappa shape index (κ2) is 6.23. The molecule has 0 fully saturated rings. The van der Waals surface area contributed by atoms with Crippen LogP contribution in [0.4, 0.5) is 5.69 Å². The molecule has 0 spiro atoms. The summed E-state index contributed by atoms with van der Waals surface area (Å²) in [5.74, 6) is -0.480. The van der Waals surface area contributed by atoms with E-state index >= 15 is 0 Å². The molecule has 0 aromatic heterocycles. The van der Waals surface area contributed by atoms with E-state index in [4.69, 9.17) is 16.7 Å². The minimum absolute atomic E-state index is 0.0408. The van der Waals surface area contributed by atoms with Gasteiger partial charge in [-0.2, -0.15) is 0 Å². The molecule has 0 saturated heterocycles. The highest BCUT2D eigenvalue weighted by molar-refractivity contribution is 9.10. The predicted molar refractivity (Wildman–Crippen MR) is 70.7 cm³/mol.